The number of benzene rings is 7. The number of rotatable bonds is 24. The number of phenols is 2. The number of primary amides is 1. The summed E-state index contributed by atoms with van der Waals surface area (Å²) in [6, 6.07) is 33.4. The third-order valence-corrected chi connectivity index (χ3v) is 24.1. The minimum atomic E-state index is -1.91. The highest BCUT2D eigenvalue weighted by molar-refractivity contribution is 8.00. The second kappa shape index (κ2) is 50.2. The summed E-state index contributed by atoms with van der Waals surface area (Å²) in [5.41, 5.74) is 16.2. The van der Waals surface area contributed by atoms with E-state index < -0.39 is 205 Å². The number of aromatic hydroxyl groups is 2. The van der Waals surface area contributed by atoms with E-state index in [1.54, 1.807) is 160 Å². The number of phenolic OH excluding ortho intramolecular Hbond substituents is 2. The molecule has 2 heterocycles. The zero-order valence-electron chi connectivity index (χ0n) is 76.1. The van der Waals surface area contributed by atoms with Gasteiger partial charge in [-0.25, -0.2) is 0 Å². The first kappa shape index (κ1) is 103. The molecule has 134 heavy (non-hydrogen) atoms. The minimum absolute atomic E-state index is 0.0220. The number of H-pyrrole nitrogens is 1. The lowest BCUT2D eigenvalue weighted by Crippen LogP contribution is -2.61. The number of nitrogens with zero attached hydrogens (tertiary/aromatic N) is 5. The maximum Gasteiger partial charge on any atom is 0.305 e. The largest absolute Gasteiger partial charge is 0.508 e. The first-order valence-corrected chi connectivity index (χ1v) is 45.2. The number of thioether (sulfide) groups is 1. The third-order valence-electron chi connectivity index (χ3n) is 23.1. The predicted molar refractivity (Wildman–Crippen MR) is 501 cm³/mol. The monoisotopic (exact) mass is 1860 g/mol. The molecule has 1 fully saturated rings. The topological polar surface area (TPSA) is 526 Å². The standard InChI is InChI=1S/C97H119N17O19S/c1-9-10-30-78-95(131)111(5)55-83(119)103-74(50-85(121)122)91(127)109-86(58(2)3)97(133)113(7)79(47-60-24-16-12-17-25-60)92(128)107-75(46-64-37-41-68(116)42-38-64)93(129)110(4)54-82(118)102-73(49-66-52-100-70-29-21-20-28-69(66)70)90(126)106-71(44-63-35-39-67(115)40-36-63)88(124)105-72(43-62-31-33-65(51-98)34-32-62)89(125)108-77(87(123)101-53-81(99)117)56-134-57-84(120)104-76(45-59-22-14-11-15-23-59)94(130)114(8)80(96(132)112(78)6)48-61-26-18-13-19-27-61/h11-29,31-42,52,58,71-80,86,100,115-116H,9-10,30,43-51,53-57,98H2,1-8H3,(H2,99,117)(H,101,123)(H,102,118)(H,103,119)(H,104,120)(H,105,124)(H,106,126)(H,107,128)(H,108,125)(H,109,127)(H,121,122)/t71-,72-,73-,74-,75-,76-,77-,78-,79-,80-,86-/m0/s1. The van der Waals surface area contributed by atoms with Crippen LogP contribution in [0.5, 0.6) is 11.5 Å². The molecule has 1 saturated heterocycles. The summed E-state index contributed by atoms with van der Waals surface area (Å²) in [6.45, 7) is 2.75. The molecule has 0 spiro atoms. The summed E-state index contributed by atoms with van der Waals surface area (Å²) in [6.07, 6.45) is -0.248. The van der Waals surface area contributed by atoms with Gasteiger partial charge in [-0.3, -0.25) is 76.7 Å². The van der Waals surface area contributed by atoms with Gasteiger partial charge in [0.15, 0.2) is 0 Å². The molecule has 36 nitrogen and oxygen atoms in total. The first-order valence-electron chi connectivity index (χ1n) is 44.0. The number of carbonyl (C=O) groups is 16. The number of nitrogens with two attached hydrogens (primary N) is 2. The highest BCUT2D eigenvalue weighted by Crippen LogP contribution is 2.25. The van der Waals surface area contributed by atoms with Gasteiger partial charge in [0.05, 0.1) is 31.8 Å². The molecule has 0 unspecified atom stereocenters. The van der Waals surface area contributed by atoms with Gasteiger partial charge in [-0.05, 0) is 87.2 Å². The van der Waals surface area contributed by atoms with Gasteiger partial charge in [-0.15, -0.1) is 11.8 Å². The number of fused-ring (bicyclic) bond motifs is 1. The van der Waals surface area contributed by atoms with Crippen molar-refractivity contribution < 1.29 is 92.0 Å². The number of para-hydroxylation sites is 1. The van der Waals surface area contributed by atoms with Crippen LogP contribution in [0.15, 0.2) is 194 Å². The van der Waals surface area contributed by atoms with E-state index in [9.17, 15) is 48.9 Å². The molecule has 37 heteroatoms. The van der Waals surface area contributed by atoms with Crippen molar-refractivity contribution in [3.05, 3.63) is 239 Å². The van der Waals surface area contributed by atoms with Gasteiger partial charge >= 0.3 is 5.97 Å². The predicted octanol–water partition coefficient (Wildman–Crippen LogP) is 1.98. The molecule has 17 N–H and O–H groups in total. The van der Waals surface area contributed by atoms with Crippen molar-refractivity contribution in [3.8, 4) is 11.5 Å². The van der Waals surface area contributed by atoms with Gasteiger partial charge in [0.1, 0.15) is 78.0 Å². The molecule has 0 bridgehead atoms. The molecule has 0 saturated carbocycles. The number of carbonyl (C=O) groups excluding carboxylic acids is 15. The van der Waals surface area contributed by atoms with Crippen molar-refractivity contribution >= 4 is 117 Å². The van der Waals surface area contributed by atoms with Gasteiger partial charge < -0.3 is 104 Å². The van der Waals surface area contributed by atoms with Crippen LogP contribution in [0.25, 0.3) is 10.9 Å². The van der Waals surface area contributed by atoms with E-state index in [4.69, 9.17) is 11.5 Å². The molecule has 8 aromatic rings. The maximum absolute atomic E-state index is 15.6. The summed E-state index contributed by atoms with van der Waals surface area (Å²) < 4.78 is 0. The van der Waals surface area contributed by atoms with E-state index in [-0.39, 0.29) is 69.4 Å². The highest BCUT2D eigenvalue weighted by Gasteiger charge is 2.42. The average molecular weight is 1860 g/mol. The van der Waals surface area contributed by atoms with Crippen molar-refractivity contribution in [2.75, 3.05) is 66.4 Å². The van der Waals surface area contributed by atoms with Crippen molar-refractivity contribution in [2.45, 2.75) is 164 Å². The van der Waals surface area contributed by atoms with E-state index in [0.29, 0.717) is 68.3 Å². The quantitative estimate of drug-likeness (QED) is 0.0411. The van der Waals surface area contributed by atoms with Crippen molar-refractivity contribution in [1.29, 1.82) is 0 Å². The number of unbranched alkanes of at least 4 members (excludes halogenated alkanes) is 1. The van der Waals surface area contributed by atoms with Crippen LogP contribution in [-0.2, 0) is 128 Å². The molecular formula is C97H119N17O19S. The Morgan fingerprint density at radius 3 is 1.37 bits per heavy atom. The molecule has 0 radical (unpaired) electrons. The summed E-state index contributed by atoms with van der Waals surface area (Å²) in [5.74, 6) is -17.5. The van der Waals surface area contributed by atoms with Crippen LogP contribution in [0.4, 0.5) is 0 Å². The maximum atomic E-state index is 15.6. The Hall–Kier alpha value is -14.5. The van der Waals surface area contributed by atoms with Crippen LogP contribution in [0.3, 0.4) is 0 Å². The smallest absolute Gasteiger partial charge is 0.305 e. The van der Waals surface area contributed by atoms with Crippen LogP contribution in [-0.4, -0.2) is 272 Å². The van der Waals surface area contributed by atoms with Crippen molar-refractivity contribution in [3.63, 3.8) is 0 Å². The summed E-state index contributed by atoms with van der Waals surface area (Å²) >= 11 is 0.811. The Labute approximate surface area is 781 Å². The average Bonchev–Trinajstić information content (AvgIpc) is 1.27. The number of carboxylic acids is 1. The molecule has 0 aliphatic carbocycles. The summed E-state index contributed by atoms with van der Waals surface area (Å²) in [4.78, 5) is 245. The first-order chi connectivity index (χ1) is 64.0. The number of amides is 15. The Bertz CT molecular complexity index is 5430. The Balaban J connectivity index is 1.13. The summed E-state index contributed by atoms with van der Waals surface area (Å²) in [7, 11) is 6.52. The second-order valence-corrected chi connectivity index (χ2v) is 34.7. The fourth-order valence-electron chi connectivity index (χ4n) is 15.5. The lowest BCUT2D eigenvalue weighted by atomic mass is 9.98. The van der Waals surface area contributed by atoms with Crippen LogP contribution >= 0.6 is 11.8 Å². The van der Waals surface area contributed by atoms with E-state index in [1.807, 2.05) is 6.92 Å². The molecule has 1 aliphatic rings. The molecular weight excluding hydrogens is 1740 g/mol. The van der Waals surface area contributed by atoms with Crippen molar-refractivity contribution in [2.24, 2.45) is 17.4 Å². The van der Waals surface area contributed by atoms with Gasteiger partial charge in [0.2, 0.25) is 88.6 Å². The normalized spacial score (nSPS) is 21.5. The number of carboxylic acid groups (broad SMARTS) is 1. The van der Waals surface area contributed by atoms with E-state index >= 15 is 43.2 Å². The molecule has 15 amide bonds. The fourth-order valence-corrected chi connectivity index (χ4v) is 16.4. The summed E-state index contributed by atoms with van der Waals surface area (Å²) in [5, 5.41) is 55.8. The second-order valence-electron chi connectivity index (χ2n) is 33.7. The fraction of sp³-hybridized carbons (Fsp3) is 0.381. The Morgan fingerprint density at radius 2 is 0.858 bits per heavy atom. The number of hydrogen-bond acceptors (Lipinski definition) is 20. The molecule has 712 valence electrons. The van der Waals surface area contributed by atoms with Crippen molar-refractivity contribution in [1.82, 2.24) is 77.3 Å². The molecule has 1 aliphatic heterocycles. The van der Waals surface area contributed by atoms with Crippen LogP contribution in [0.2, 0.25) is 0 Å². The van der Waals surface area contributed by atoms with Gasteiger partial charge in [-0.2, -0.15) is 0 Å². The highest BCUT2D eigenvalue weighted by atomic mass is 32.2. The van der Waals surface area contributed by atoms with Crippen LogP contribution in [0.1, 0.15) is 91.0 Å². The van der Waals surface area contributed by atoms with Crippen LogP contribution in [0, 0.1) is 5.92 Å². The number of likely N-dealkylation sites (N-methyl/N-ethyl adjacent to an activating group) is 5. The molecule has 7 aromatic carbocycles. The Kier molecular flexibility index (Phi) is 38.7. The molecule has 11 atom stereocenters. The van der Waals surface area contributed by atoms with E-state index in [0.717, 1.165) is 31.4 Å². The van der Waals surface area contributed by atoms with E-state index in [2.05, 4.69) is 52.8 Å². The number of aliphatic carboxylic acids is 1. The number of nitrogens with one attached hydrogen (secondary N) is 10. The van der Waals surface area contributed by atoms with E-state index in [1.165, 1.54) is 88.7 Å². The Morgan fingerprint density at radius 1 is 0.440 bits per heavy atom. The van der Waals surface area contributed by atoms with Gasteiger partial charge in [-0.1, -0.05) is 191 Å². The lowest BCUT2D eigenvalue weighted by Gasteiger charge is -2.37. The van der Waals surface area contributed by atoms with Gasteiger partial charge in [0, 0.05) is 110 Å². The van der Waals surface area contributed by atoms with Crippen LogP contribution < -0.4 is 59.3 Å². The number of hydrogen-bond donors (Lipinski definition) is 15. The third kappa shape index (κ3) is 30.5. The number of aromatic nitrogens is 1. The zero-order valence-corrected chi connectivity index (χ0v) is 76.9. The SMILES string of the molecule is CCCC[C@H]1C(=O)N(C)CC(=O)N[C@@H](CC(=O)O)C(=O)N[C@@H](C(C)C)C(=O)N(C)[C@@H](Cc2ccccc2)C(=O)N[C@@H](Cc2ccc(O)cc2)C(=O)N(C)CC(=O)N[C@@H](Cc2c[nH]c3ccccc23)C(=O)N[C@@H](Cc2ccc(O)cc2)C(=O)N[C@@H](Cc2ccc(CN)cc2)C(=O)N[C@H](C(=O)NCC(N)=O)CSCC(=O)N[C@@H](Cc2ccccc2)C(=O)N(C)[C@@H](Cc2ccccc2)C(=O)N1C. The minimum Gasteiger partial charge on any atom is -0.508 e. The molecule has 9 rings (SSSR count). The number of aromatic amines is 1. The lowest BCUT2D eigenvalue weighted by molar-refractivity contribution is -0.151. The van der Waals surface area contributed by atoms with Gasteiger partial charge in [0.25, 0.3) is 0 Å². The zero-order chi connectivity index (χ0) is 97.4. The molecule has 1 aromatic heterocycles.